The SMILES string of the molecule is CN(C)C1CCN(S(=O)(=O)c2[nH]nc3ncccc23)C1. The predicted molar refractivity (Wildman–Crippen MR) is 74.7 cm³/mol. The zero-order valence-corrected chi connectivity index (χ0v) is 12.3. The van der Waals surface area contributed by atoms with E-state index < -0.39 is 10.0 Å². The van der Waals surface area contributed by atoms with Gasteiger partial charge in [0.25, 0.3) is 10.0 Å². The molecule has 8 heteroatoms. The Morgan fingerprint density at radius 1 is 1.45 bits per heavy atom. The summed E-state index contributed by atoms with van der Waals surface area (Å²) in [7, 11) is 0.397. The molecule has 1 fully saturated rings. The van der Waals surface area contributed by atoms with Gasteiger partial charge in [0.1, 0.15) is 0 Å². The van der Waals surface area contributed by atoms with E-state index in [1.54, 1.807) is 18.3 Å². The van der Waals surface area contributed by atoms with Gasteiger partial charge in [-0.25, -0.2) is 13.4 Å². The summed E-state index contributed by atoms with van der Waals surface area (Å²) in [6.45, 7) is 1.04. The van der Waals surface area contributed by atoms with E-state index in [0.29, 0.717) is 24.1 Å². The van der Waals surface area contributed by atoms with Crippen LogP contribution in [0.25, 0.3) is 11.0 Å². The average Bonchev–Trinajstić information content (AvgIpc) is 3.06. The number of hydrogen-bond acceptors (Lipinski definition) is 5. The maximum Gasteiger partial charge on any atom is 0.260 e. The van der Waals surface area contributed by atoms with Crippen molar-refractivity contribution >= 4 is 21.1 Å². The lowest BCUT2D eigenvalue weighted by Gasteiger charge is -2.19. The van der Waals surface area contributed by atoms with Gasteiger partial charge in [0.05, 0.1) is 5.39 Å². The Morgan fingerprint density at radius 2 is 2.25 bits per heavy atom. The van der Waals surface area contributed by atoms with Crippen molar-refractivity contribution in [2.24, 2.45) is 0 Å². The number of H-pyrrole nitrogens is 1. The van der Waals surface area contributed by atoms with Crippen LogP contribution >= 0.6 is 0 Å². The molecule has 1 aliphatic rings. The first-order valence-corrected chi connectivity index (χ1v) is 7.90. The second kappa shape index (κ2) is 4.80. The van der Waals surface area contributed by atoms with Gasteiger partial charge in [-0.15, -0.1) is 0 Å². The number of pyridine rings is 1. The molecule has 1 saturated heterocycles. The normalized spacial score (nSPS) is 21.1. The van der Waals surface area contributed by atoms with Crippen molar-refractivity contribution in [3.05, 3.63) is 18.3 Å². The van der Waals surface area contributed by atoms with E-state index in [-0.39, 0.29) is 11.1 Å². The van der Waals surface area contributed by atoms with Gasteiger partial charge >= 0.3 is 0 Å². The fraction of sp³-hybridized carbons (Fsp3) is 0.500. The first-order valence-electron chi connectivity index (χ1n) is 6.46. The summed E-state index contributed by atoms with van der Waals surface area (Å²) in [4.78, 5) is 6.11. The van der Waals surface area contributed by atoms with E-state index in [9.17, 15) is 8.42 Å². The molecule has 0 bridgehead atoms. The van der Waals surface area contributed by atoms with Crippen LogP contribution in [0.1, 0.15) is 6.42 Å². The predicted octanol–water partition coefficient (Wildman–Crippen LogP) is 0.283. The van der Waals surface area contributed by atoms with Crippen LogP contribution in [0, 0.1) is 0 Å². The Bertz CT molecular complexity index is 724. The van der Waals surface area contributed by atoms with Crippen LogP contribution in [-0.4, -0.2) is 66.0 Å². The second-order valence-corrected chi connectivity index (χ2v) is 7.07. The topological polar surface area (TPSA) is 82.2 Å². The molecule has 108 valence electrons. The van der Waals surface area contributed by atoms with Gasteiger partial charge in [0, 0.05) is 25.3 Å². The van der Waals surface area contributed by atoms with Crippen LogP contribution < -0.4 is 0 Å². The largest absolute Gasteiger partial charge is 0.305 e. The van der Waals surface area contributed by atoms with E-state index in [4.69, 9.17) is 0 Å². The maximum atomic E-state index is 12.7. The van der Waals surface area contributed by atoms with Crippen molar-refractivity contribution in [3.63, 3.8) is 0 Å². The summed E-state index contributed by atoms with van der Waals surface area (Å²) in [5.74, 6) is 0. The molecule has 0 aromatic carbocycles. The molecule has 1 atom stereocenters. The summed E-state index contributed by atoms with van der Waals surface area (Å²) in [6, 6.07) is 3.69. The minimum atomic E-state index is -3.54. The Labute approximate surface area is 117 Å². The number of aromatic nitrogens is 3. The third-order valence-electron chi connectivity index (χ3n) is 3.75. The van der Waals surface area contributed by atoms with Crippen molar-refractivity contribution < 1.29 is 8.42 Å². The first kappa shape index (κ1) is 13.5. The summed E-state index contributed by atoms with van der Waals surface area (Å²) in [6.07, 6.45) is 2.44. The number of hydrogen-bond donors (Lipinski definition) is 1. The zero-order valence-electron chi connectivity index (χ0n) is 11.4. The Hall–Kier alpha value is -1.51. The second-order valence-electron chi connectivity index (χ2n) is 5.20. The van der Waals surface area contributed by atoms with E-state index in [0.717, 1.165) is 6.42 Å². The number of nitrogens with zero attached hydrogens (tertiary/aromatic N) is 4. The van der Waals surface area contributed by atoms with Crippen LogP contribution in [0.4, 0.5) is 0 Å². The molecule has 0 saturated carbocycles. The van der Waals surface area contributed by atoms with Crippen LogP contribution in [0.2, 0.25) is 0 Å². The molecule has 1 N–H and O–H groups in total. The molecular formula is C12H17N5O2S. The minimum absolute atomic E-state index is 0.139. The molecule has 2 aromatic rings. The van der Waals surface area contributed by atoms with Crippen molar-refractivity contribution in [2.75, 3.05) is 27.2 Å². The molecule has 0 spiro atoms. The highest BCUT2D eigenvalue weighted by Gasteiger charge is 2.35. The molecule has 3 rings (SSSR count). The highest BCUT2D eigenvalue weighted by molar-refractivity contribution is 7.89. The number of rotatable bonds is 3. The summed E-state index contributed by atoms with van der Waals surface area (Å²) < 4.78 is 26.9. The summed E-state index contributed by atoms with van der Waals surface area (Å²) in [5.41, 5.74) is 0.425. The monoisotopic (exact) mass is 295 g/mol. The fourth-order valence-corrected chi connectivity index (χ4v) is 4.07. The summed E-state index contributed by atoms with van der Waals surface area (Å²) in [5, 5.41) is 7.26. The molecule has 0 radical (unpaired) electrons. The molecule has 20 heavy (non-hydrogen) atoms. The van der Waals surface area contributed by atoms with Crippen LogP contribution in [-0.2, 0) is 10.0 Å². The smallest absolute Gasteiger partial charge is 0.260 e. The lowest BCUT2D eigenvalue weighted by molar-refractivity contribution is 0.302. The molecule has 2 aromatic heterocycles. The van der Waals surface area contributed by atoms with Crippen LogP contribution in [0.5, 0.6) is 0 Å². The zero-order chi connectivity index (χ0) is 14.3. The lowest BCUT2D eigenvalue weighted by Crippen LogP contribution is -2.34. The molecule has 1 unspecified atom stereocenters. The Morgan fingerprint density at radius 3 is 2.95 bits per heavy atom. The van der Waals surface area contributed by atoms with Gasteiger partial charge in [-0.05, 0) is 32.6 Å². The van der Waals surface area contributed by atoms with Gasteiger partial charge < -0.3 is 4.90 Å². The molecular weight excluding hydrogens is 278 g/mol. The van der Waals surface area contributed by atoms with Gasteiger partial charge in [0.15, 0.2) is 10.7 Å². The first-order chi connectivity index (χ1) is 9.50. The van der Waals surface area contributed by atoms with Gasteiger partial charge in [-0.3, -0.25) is 5.10 Å². The number of fused-ring (bicyclic) bond motifs is 1. The third-order valence-corrected chi connectivity index (χ3v) is 5.59. The number of sulfonamides is 1. The Balaban J connectivity index is 1.97. The van der Waals surface area contributed by atoms with Crippen molar-refractivity contribution in [1.82, 2.24) is 24.4 Å². The molecule has 0 aliphatic carbocycles. The molecule has 1 aliphatic heterocycles. The standard InChI is InChI=1S/C12H17N5O2S/c1-16(2)9-5-7-17(8-9)20(18,19)12-10-4-3-6-13-11(10)14-15-12/h3-4,6,9H,5,7-8H2,1-2H3,(H,13,14,15). The van der Waals surface area contributed by atoms with Gasteiger partial charge in [0.2, 0.25) is 0 Å². The van der Waals surface area contributed by atoms with Crippen LogP contribution in [0.3, 0.4) is 0 Å². The lowest BCUT2D eigenvalue weighted by atomic mass is 10.2. The van der Waals surface area contributed by atoms with Gasteiger partial charge in [-0.2, -0.15) is 9.40 Å². The number of nitrogens with one attached hydrogen (secondary N) is 1. The quantitative estimate of drug-likeness (QED) is 0.879. The number of aromatic amines is 1. The van der Waals surface area contributed by atoms with Crippen molar-refractivity contribution in [2.45, 2.75) is 17.5 Å². The maximum absolute atomic E-state index is 12.7. The minimum Gasteiger partial charge on any atom is -0.305 e. The van der Waals surface area contributed by atoms with Crippen LogP contribution in [0.15, 0.2) is 23.4 Å². The van der Waals surface area contributed by atoms with E-state index in [2.05, 4.69) is 20.1 Å². The number of likely N-dealkylation sites (N-methyl/N-ethyl adjacent to an activating group) is 1. The van der Waals surface area contributed by atoms with E-state index in [1.807, 2.05) is 14.1 Å². The van der Waals surface area contributed by atoms with Gasteiger partial charge in [-0.1, -0.05) is 0 Å². The van der Waals surface area contributed by atoms with Crippen molar-refractivity contribution in [3.8, 4) is 0 Å². The highest BCUT2D eigenvalue weighted by Crippen LogP contribution is 2.25. The fourth-order valence-electron chi connectivity index (χ4n) is 2.50. The molecule has 3 heterocycles. The highest BCUT2D eigenvalue weighted by atomic mass is 32.2. The third kappa shape index (κ3) is 2.09. The average molecular weight is 295 g/mol. The van der Waals surface area contributed by atoms with Crippen molar-refractivity contribution in [1.29, 1.82) is 0 Å². The van der Waals surface area contributed by atoms with E-state index in [1.165, 1.54) is 4.31 Å². The molecule has 7 nitrogen and oxygen atoms in total. The van der Waals surface area contributed by atoms with E-state index >= 15 is 0 Å². The summed E-state index contributed by atoms with van der Waals surface area (Å²) >= 11 is 0. The Kier molecular flexibility index (Phi) is 3.23. The molecule has 0 amide bonds.